The molecule has 0 saturated carbocycles. The summed E-state index contributed by atoms with van der Waals surface area (Å²) >= 11 is 0. The van der Waals surface area contributed by atoms with Crippen molar-refractivity contribution in [3.05, 3.63) is 0 Å². The first-order valence-corrected chi connectivity index (χ1v) is 3.39. The molecule has 0 radical (unpaired) electrons. The fraction of sp³-hybridized carbons (Fsp3) is 0.400. The number of rotatable bonds is 4. The fourth-order valence-corrected chi connectivity index (χ4v) is 0.686. The van der Waals surface area contributed by atoms with Crippen molar-refractivity contribution in [2.75, 3.05) is 0 Å². The number of hydrazine groups is 2. The van der Waals surface area contributed by atoms with Crippen molar-refractivity contribution in [2.45, 2.75) is 12.5 Å². The zero-order valence-electron chi connectivity index (χ0n) is 7.01. The van der Waals surface area contributed by atoms with E-state index in [-0.39, 0.29) is 5.01 Å². The summed E-state index contributed by atoms with van der Waals surface area (Å²) < 4.78 is 0. The number of carbonyl (C=O) groups excluding carboxylic acids is 1. The number of amides is 2. The van der Waals surface area contributed by atoms with E-state index in [1.54, 1.807) is 5.43 Å². The van der Waals surface area contributed by atoms with Gasteiger partial charge < -0.3 is 10.2 Å². The van der Waals surface area contributed by atoms with Gasteiger partial charge in [0.15, 0.2) is 6.04 Å². The van der Waals surface area contributed by atoms with E-state index in [2.05, 4.69) is 5.84 Å². The first-order chi connectivity index (χ1) is 6.40. The minimum absolute atomic E-state index is 0.205. The van der Waals surface area contributed by atoms with E-state index in [1.165, 1.54) is 0 Å². The van der Waals surface area contributed by atoms with Gasteiger partial charge in [0, 0.05) is 0 Å². The minimum Gasteiger partial charge on any atom is -0.481 e. The molecule has 0 aromatic heterocycles. The number of nitrogens with one attached hydrogen (secondary N) is 1. The summed E-state index contributed by atoms with van der Waals surface area (Å²) in [6.07, 6.45) is -0.806. The molecule has 0 aliphatic heterocycles. The standard InChI is InChI=1S/C5H10N4O5/c6-8-5(14)9(7)2(4(12)13)1-3(10)11/h2H,1,6-7H2,(H,8,14)(H,10,11)(H,12,13). The Morgan fingerprint density at radius 3 is 2.14 bits per heavy atom. The van der Waals surface area contributed by atoms with E-state index in [0.717, 1.165) is 0 Å². The highest BCUT2D eigenvalue weighted by molar-refractivity contribution is 5.85. The van der Waals surface area contributed by atoms with Crippen molar-refractivity contribution >= 4 is 18.0 Å². The third-order valence-corrected chi connectivity index (χ3v) is 1.35. The lowest BCUT2D eigenvalue weighted by molar-refractivity contribution is -0.148. The Morgan fingerprint density at radius 1 is 1.36 bits per heavy atom. The molecular weight excluding hydrogens is 196 g/mol. The van der Waals surface area contributed by atoms with E-state index >= 15 is 0 Å². The van der Waals surface area contributed by atoms with Gasteiger partial charge in [-0.2, -0.15) is 0 Å². The van der Waals surface area contributed by atoms with Crippen molar-refractivity contribution in [1.82, 2.24) is 10.4 Å². The van der Waals surface area contributed by atoms with E-state index in [9.17, 15) is 14.4 Å². The molecule has 1 unspecified atom stereocenters. The van der Waals surface area contributed by atoms with Crippen molar-refractivity contribution in [3.8, 4) is 0 Å². The topological polar surface area (TPSA) is 159 Å². The number of aliphatic carboxylic acids is 2. The second-order valence-corrected chi connectivity index (χ2v) is 2.31. The van der Waals surface area contributed by atoms with Crippen LogP contribution < -0.4 is 17.1 Å². The van der Waals surface area contributed by atoms with Gasteiger partial charge in [-0.05, 0) is 0 Å². The Labute approximate surface area is 78.2 Å². The third kappa shape index (κ3) is 3.25. The summed E-state index contributed by atoms with van der Waals surface area (Å²) in [7, 11) is 0. The number of urea groups is 1. The molecule has 0 aliphatic carbocycles. The van der Waals surface area contributed by atoms with Crippen molar-refractivity contribution in [3.63, 3.8) is 0 Å². The Bertz CT molecular complexity index is 255. The zero-order chi connectivity index (χ0) is 11.3. The lowest BCUT2D eigenvalue weighted by Crippen LogP contribution is -2.55. The van der Waals surface area contributed by atoms with Gasteiger partial charge in [0.1, 0.15) is 0 Å². The second kappa shape index (κ2) is 4.99. The van der Waals surface area contributed by atoms with Crippen LogP contribution in [0.5, 0.6) is 0 Å². The van der Waals surface area contributed by atoms with Gasteiger partial charge >= 0.3 is 18.0 Å². The molecule has 0 aromatic carbocycles. The van der Waals surface area contributed by atoms with Gasteiger partial charge in [0.2, 0.25) is 0 Å². The van der Waals surface area contributed by atoms with Crippen molar-refractivity contribution < 1.29 is 24.6 Å². The van der Waals surface area contributed by atoms with Gasteiger partial charge in [-0.1, -0.05) is 0 Å². The first kappa shape index (κ1) is 12.1. The van der Waals surface area contributed by atoms with Crippen molar-refractivity contribution in [1.29, 1.82) is 0 Å². The predicted molar refractivity (Wildman–Crippen MR) is 42.4 cm³/mol. The second-order valence-electron chi connectivity index (χ2n) is 2.31. The molecule has 1 atom stereocenters. The first-order valence-electron chi connectivity index (χ1n) is 3.39. The Kier molecular flexibility index (Phi) is 4.32. The average molecular weight is 206 g/mol. The highest BCUT2D eigenvalue weighted by atomic mass is 16.4. The van der Waals surface area contributed by atoms with E-state index in [1.807, 2.05) is 0 Å². The van der Waals surface area contributed by atoms with Crippen LogP contribution in [-0.2, 0) is 9.59 Å². The smallest absolute Gasteiger partial charge is 0.346 e. The number of hydrogen-bond acceptors (Lipinski definition) is 5. The molecule has 0 aromatic rings. The molecule has 0 heterocycles. The summed E-state index contributed by atoms with van der Waals surface area (Å²) in [6.45, 7) is 0. The normalized spacial score (nSPS) is 11.6. The molecule has 0 rings (SSSR count). The molecule has 80 valence electrons. The lowest BCUT2D eigenvalue weighted by Gasteiger charge is -2.21. The SMILES string of the molecule is NNC(=O)N(N)C(CC(=O)O)C(=O)O. The number of carboxylic acid groups (broad SMARTS) is 2. The zero-order valence-corrected chi connectivity index (χ0v) is 7.01. The predicted octanol–water partition coefficient (Wildman–Crippen LogP) is -2.33. The minimum atomic E-state index is -1.66. The van der Waals surface area contributed by atoms with E-state index < -0.39 is 30.4 Å². The van der Waals surface area contributed by atoms with Crippen molar-refractivity contribution in [2.24, 2.45) is 11.7 Å². The number of nitrogens with zero attached hydrogens (tertiary/aromatic N) is 1. The van der Waals surface area contributed by atoms with Crippen LogP contribution in [0.1, 0.15) is 6.42 Å². The summed E-state index contributed by atoms with van der Waals surface area (Å²) in [5.74, 6) is 6.78. The van der Waals surface area contributed by atoms with Crippen LogP contribution in [0.4, 0.5) is 4.79 Å². The summed E-state index contributed by atoms with van der Waals surface area (Å²) in [6, 6.07) is -2.74. The molecule has 9 nitrogen and oxygen atoms in total. The molecular formula is C5H10N4O5. The largest absolute Gasteiger partial charge is 0.481 e. The monoisotopic (exact) mass is 206 g/mol. The Balaban J connectivity index is 4.56. The molecule has 0 fully saturated rings. The molecule has 0 saturated heterocycles. The third-order valence-electron chi connectivity index (χ3n) is 1.35. The molecule has 0 spiro atoms. The van der Waals surface area contributed by atoms with Crippen LogP contribution in [0.15, 0.2) is 0 Å². The molecule has 14 heavy (non-hydrogen) atoms. The van der Waals surface area contributed by atoms with Crippen LogP contribution in [0.2, 0.25) is 0 Å². The molecule has 2 amide bonds. The highest BCUT2D eigenvalue weighted by Gasteiger charge is 2.29. The van der Waals surface area contributed by atoms with Crippen LogP contribution in [0.3, 0.4) is 0 Å². The van der Waals surface area contributed by atoms with Gasteiger partial charge in [-0.3, -0.25) is 10.2 Å². The molecule has 0 bridgehead atoms. The molecule has 9 heteroatoms. The Hall–Kier alpha value is -1.87. The summed E-state index contributed by atoms with van der Waals surface area (Å²) in [5, 5.41) is 17.1. The van der Waals surface area contributed by atoms with Crippen LogP contribution in [0.25, 0.3) is 0 Å². The lowest BCUT2D eigenvalue weighted by atomic mass is 10.2. The summed E-state index contributed by atoms with van der Waals surface area (Å²) in [5.41, 5.74) is 1.58. The molecule has 7 N–H and O–H groups in total. The number of nitrogens with two attached hydrogens (primary N) is 2. The number of hydrogen-bond donors (Lipinski definition) is 5. The van der Waals surface area contributed by atoms with Gasteiger partial charge in [-0.15, -0.1) is 0 Å². The fourth-order valence-electron chi connectivity index (χ4n) is 0.686. The van der Waals surface area contributed by atoms with Gasteiger partial charge in [0.25, 0.3) is 0 Å². The maximum absolute atomic E-state index is 10.7. The Morgan fingerprint density at radius 2 is 1.86 bits per heavy atom. The quantitative estimate of drug-likeness (QED) is 0.196. The molecule has 0 aliphatic rings. The van der Waals surface area contributed by atoms with Crippen LogP contribution >= 0.6 is 0 Å². The number of carbonyl (C=O) groups is 3. The number of carboxylic acids is 2. The average Bonchev–Trinajstić information content (AvgIpc) is 2.11. The maximum atomic E-state index is 10.7. The van der Waals surface area contributed by atoms with E-state index in [0.29, 0.717) is 0 Å². The van der Waals surface area contributed by atoms with Crippen LogP contribution in [-0.4, -0.2) is 39.2 Å². The van der Waals surface area contributed by atoms with Crippen LogP contribution in [0, 0.1) is 0 Å². The summed E-state index contributed by atoms with van der Waals surface area (Å²) in [4.78, 5) is 31.5. The van der Waals surface area contributed by atoms with Gasteiger partial charge in [0.05, 0.1) is 6.42 Å². The highest BCUT2D eigenvalue weighted by Crippen LogP contribution is 2.00. The van der Waals surface area contributed by atoms with E-state index in [4.69, 9.17) is 16.1 Å². The maximum Gasteiger partial charge on any atom is 0.346 e. The van der Waals surface area contributed by atoms with Gasteiger partial charge in [-0.25, -0.2) is 26.3 Å².